The summed E-state index contributed by atoms with van der Waals surface area (Å²) in [5.74, 6) is -0.0987. The Kier molecular flexibility index (Phi) is 9.08. The minimum Gasteiger partial charge on any atom is -0.335 e. The fourth-order valence-corrected chi connectivity index (χ4v) is 6.40. The Hall–Kier alpha value is -3.50. The second-order valence-corrected chi connectivity index (χ2v) is 14.0. The molecular weight excluding hydrogens is 561 g/mol. The van der Waals surface area contributed by atoms with Crippen molar-refractivity contribution < 1.29 is 9.18 Å². The zero-order valence-corrected chi connectivity index (χ0v) is 27.0. The Bertz CT molecular complexity index is 1540. The van der Waals surface area contributed by atoms with E-state index in [-0.39, 0.29) is 23.5 Å². The molecule has 1 amide bonds. The van der Waals surface area contributed by atoms with Crippen molar-refractivity contribution in [2.75, 3.05) is 13.1 Å². The molecule has 43 heavy (non-hydrogen) atoms. The largest absolute Gasteiger partial charge is 0.335 e. The highest BCUT2D eigenvalue weighted by Crippen LogP contribution is 2.33. The Morgan fingerprint density at radius 3 is 2.35 bits per heavy atom. The number of aromatic nitrogens is 5. The van der Waals surface area contributed by atoms with Crippen LogP contribution in [0.1, 0.15) is 81.6 Å². The molecule has 0 radical (unpaired) electrons. The van der Waals surface area contributed by atoms with Crippen LogP contribution in [-0.2, 0) is 18.6 Å². The number of carbonyl (C=O) groups excluding carboxylic acids is 1. The first kappa shape index (κ1) is 30.9. The molecule has 0 N–H and O–H groups in total. The summed E-state index contributed by atoms with van der Waals surface area (Å²) in [6.07, 6.45) is 5.90. The lowest BCUT2D eigenvalue weighted by atomic mass is 10.0. The fraction of sp³-hybridized carbons (Fsp3) is 0.455. The average Bonchev–Trinajstić information content (AvgIpc) is 3.61. The fourth-order valence-electron chi connectivity index (χ4n) is 5.48. The lowest BCUT2D eigenvalue weighted by molar-refractivity contribution is 0.0261. The molecule has 1 aliphatic rings. The molecule has 8 nitrogen and oxygen atoms in total. The van der Waals surface area contributed by atoms with Crippen LogP contribution >= 0.6 is 11.8 Å². The van der Waals surface area contributed by atoms with Gasteiger partial charge in [0.05, 0.1) is 35.7 Å². The van der Waals surface area contributed by atoms with Gasteiger partial charge in [0.2, 0.25) is 0 Å². The maximum Gasteiger partial charge on any atom is 0.255 e. The van der Waals surface area contributed by atoms with Crippen molar-refractivity contribution in [2.45, 2.75) is 94.9 Å². The number of carbonyl (C=O) groups is 1. The molecule has 0 aliphatic carbocycles. The second kappa shape index (κ2) is 12.6. The van der Waals surface area contributed by atoms with Crippen molar-refractivity contribution in [3.63, 3.8) is 0 Å². The zero-order valence-electron chi connectivity index (χ0n) is 26.2. The number of halogens is 1. The van der Waals surface area contributed by atoms with Crippen LogP contribution in [0.4, 0.5) is 4.39 Å². The molecular formula is C33H42FN7OS. The third-order valence-corrected chi connectivity index (χ3v) is 9.02. The summed E-state index contributed by atoms with van der Waals surface area (Å²) in [7, 11) is 0. The van der Waals surface area contributed by atoms with Gasteiger partial charge in [0, 0.05) is 53.3 Å². The van der Waals surface area contributed by atoms with Crippen LogP contribution in [0.15, 0.2) is 70.8 Å². The van der Waals surface area contributed by atoms with E-state index in [9.17, 15) is 9.18 Å². The Morgan fingerprint density at radius 2 is 1.72 bits per heavy atom. The van der Waals surface area contributed by atoms with Crippen LogP contribution in [0.3, 0.4) is 0 Å². The van der Waals surface area contributed by atoms with Crippen LogP contribution in [0.2, 0.25) is 0 Å². The van der Waals surface area contributed by atoms with E-state index in [2.05, 4.69) is 93.0 Å². The predicted octanol–water partition coefficient (Wildman–Crippen LogP) is 6.43. The summed E-state index contributed by atoms with van der Waals surface area (Å²) in [4.78, 5) is 19.8. The summed E-state index contributed by atoms with van der Waals surface area (Å²) < 4.78 is 18.2. The van der Waals surface area contributed by atoms with Crippen LogP contribution < -0.4 is 0 Å². The minimum atomic E-state index is -0.406. The predicted molar refractivity (Wildman–Crippen MR) is 168 cm³/mol. The van der Waals surface area contributed by atoms with Gasteiger partial charge in [-0.3, -0.25) is 14.4 Å². The standard InChI is InChI=1S/C33H42FN7OS/c1-22(2)26-8-11-29(12-9-26)43-31-13-10-27(34)14-30(31)32(42)38-16-23(3)40(24(4)17-38)21-28-20-39(37-36-28)18-25-15-35-41(19-25)33(5,6)7/h8-15,19-20,22-24H,16-18,21H2,1-7H3/t23-,24+. The molecule has 1 aliphatic heterocycles. The highest BCUT2D eigenvalue weighted by atomic mass is 32.2. The van der Waals surface area contributed by atoms with Crippen LogP contribution in [0, 0.1) is 5.82 Å². The van der Waals surface area contributed by atoms with Gasteiger partial charge in [-0.1, -0.05) is 43.0 Å². The van der Waals surface area contributed by atoms with Crippen molar-refractivity contribution >= 4 is 17.7 Å². The summed E-state index contributed by atoms with van der Waals surface area (Å²) in [6, 6.07) is 13.1. The SMILES string of the molecule is CC(C)c1ccc(Sc2ccc(F)cc2C(=O)N2C[C@@H](C)N(Cc3cn(Cc4cnn(C(C)(C)C)c4)nn3)[C@@H](C)C2)cc1. The summed E-state index contributed by atoms with van der Waals surface area (Å²) in [6.45, 7) is 17.3. The molecule has 228 valence electrons. The van der Waals surface area contributed by atoms with Crippen LogP contribution in [0.5, 0.6) is 0 Å². The Balaban J connectivity index is 1.24. The van der Waals surface area contributed by atoms with Gasteiger partial charge in [-0.2, -0.15) is 5.10 Å². The van der Waals surface area contributed by atoms with Crippen molar-refractivity contribution in [1.82, 2.24) is 34.6 Å². The molecule has 1 saturated heterocycles. The molecule has 0 unspecified atom stereocenters. The normalized spacial score (nSPS) is 18.0. The summed E-state index contributed by atoms with van der Waals surface area (Å²) in [5, 5.41) is 13.3. The van der Waals surface area contributed by atoms with Gasteiger partial charge < -0.3 is 4.90 Å². The van der Waals surface area contributed by atoms with E-state index in [1.54, 1.807) is 6.07 Å². The van der Waals surface area contributed by atoms with Gasteiger partial charge in [0.15, 0.2) is 0 Å². The van der Waals surface area contributed by atoms with Crippen molar-refractivity contribution in [2.24, 2.45) is 0 Å². The Morgan fingerprint density at radius 1 is 1.02 bits per heavy atom. The lowest BCUT2D eigenvalue weighted by Gasteiger charge is -2.44. The lowest BCUT2D eigenvalue weighted by Crippen LogP contribution is -2.57. The molecule has 1 fully saturated rings. The Labute approximate surface area is 258 Å². The van der Waals surface area contributed by atoms with Gasteiger partial charge in [-0.05, 0) is 76.4 Å². The van der Waals surface area contributed by atoms with Crippen LogP contribution in [0.25, 0.3) is 0 Å². The molecule has 0 saturated carbocycles. The van der Waals surface area contributed by atoms with Gasteiger partial charge >= 0.3 is 0 Å². The first-order valence-electron chi connectivity index (χ1n) is 14.9. The van der Waals surface area contributed by atoms with E-state index in [1.807, 2.05) is 32.9 Å². The maximum absolute atomic E-state index is 14.4. The number of hydrogen-bond acceptors (Lipinski definition) is 6. The monoisotopic (exact) mass is 603 g/mol. The van der Waals surface area contributed by atoms with E-state index in [4.69, 9.17) is 0 Å². The van der Waals surface area contributed by atoms with Gasteiger partial charge in [0.1, 0.15) is 5.82 Å². The number of piperazine rings is 1. The summed E-state index contributed by atoms with van der Waals surface area (Å²) >= 11 is 1.50. The number of nitrogens with zero attached hydrogens (tertiary/aromatic N) is 7. The molecule has 2 atom stereocenters. The highest BCUT2D eigenvalue weighted by molar-refractivity contribution is 7.99. The molecule has 10 heteroatoms. The van der Waals surface area contributed by atoms with Gasteiger partial charge in [0.25, 0.3) is 5.91 Å². The summed E-state index contributed by atoms with van der Waals surface area (Å²) in [5.41, 5.74) is 3.55. The van der Waals surface area contributed by atoms with Crippen molar-refractivity contribution in [3.8, 4) is 0 Å². The van der Waals surface area contributed by atoms with Crippen molar-refractivity contribution in [1.29, 1.82) is 0 Å². The smallest absolute Gasteiger partial charge is 0.255 e. The third kappa shape index (κ3) is 7.36. The molecule has 2 aromatic heterocycles. The first-order valence-corrected chi connectivity index (χ1v) is 15.7. The topological polar surface area (TPSA) is 72.1 Å². The van der Waals surface area contributed by atoms with Crippen molar-refractivity contribution in [3.05, 3.63) is 89.3 Å². The molecule has 3 heterocycles. The van der Waals surface area contributed by atoms with E-state index in [0.29, 0.717) is 37.7 Å². The average molecular weight is 604 g/mol. The zero-order chi connectivity index (χ0) is 30.9. The quantitative estimate of drug-likeness (QED) is 0.231. The third-order valence-electron chi connectivity index (χ3n) is 7.93. The molecule has 2 aromatic carbocycles. The number of benzene rings is 2. The molecule has 5 rings (SSSR count). The number of hydrogen-bond donors (Lipinski definition) is 0. The van der Waals surface area contributed by atoms with Crippen LogP contribution in [-0.4, -0.2) is 65.7 Å². The highest BCUT2D eigenvalue weighted by Gasteiger charge is 2.33. The second-order valence-electron chi connectivity index (χ2n) is 12.9. The van der Waals surface area contributed by atoms with E-state index in [0.717, 1.165) is 21.0 Å². The molecule has 0 spiro atoms. The number of amides is 1. The van der Waals surface area contributed by atoms with E-state index < -0.39 is 5.82 Å². The number of rotatable bonds is 8. The maximum atomic E-state index is 14.4. The van der Waals surface area contributed by atoms with Gasteiger partial charge in [-0.25, -0.2) is 9.07 Å². The molecule has 4 aromatic rings. The molecule has 0 bridgehead atoms. The minimum absolute atomic E-state index is 0.0731. The van der Waals surface area contributed by atoms with Gasteiger partial charge in [-0.15, -0.1) is 5.10 Å². The first-order chi connectivity index (χ1) is 20.4. The van der Waals surface area contributed by atoms with E-state index in [1.165, 1.54) is 29.5 Å². The van der Waals surface area contributed by atoms with E-state index >= 15 is 0 Å².